The third-order valence-electron chi connectivity index (χ3n) is 3.53. The van der Waals surface area contributed by atoms with Gasteiger partial charge < -0.3 is 0 Å². The smallest absolute Gasteiger partial charge is 0.0597 e. The Morgan fingerprint density at radius 1 is 1.25 bits per heavy atom. The van der Waals surface area contributed by atoms with Crippen LogP contribution in [0.1, 0.15) is 22.5 Å². The molecule has 106 valence electrons. The highest BCUT2D eigenvalue weighted by Crippen LogP contribution is 2.13. The van der Waals surface area contributed by atoms with Gasteiger partial charge in [0.2, 0.25) is 0 Å². The molecule has 20 heavy (non-hydrogen) atoms. The molecular formula is C17H23N3. The van der Waals surface area contributed by atoms with Crippen molar-refractivity contribution < 1.29 is 0 Å². The molecule has 0 aliphatic carbocycles. The van der Waals surface area contributed by atoms with Crippen LogP contribution in [0.15, 0.2) is 43.0 Å². The van der Waals surface area contributed by atoms with Crippen molar-refractivity contribution in [2.45, 2.75) is 26.9 Å². The van der Waals surface area contributed by atoms with Gasteiger partial charge >= 0.3 is 0 Å². The van der Waals surface area contributed by atoms with Crippen molar-refractivity contribution in [3.63, 3.8) is 0 Å². The summed E-state index contributed by atoms with van der Waals surface area (Å²) in [6.45, 7) is 10.8. The minimum atomic E-state index is 0.874. The zero-order chi connectivity index (χ0) is 14.5. The second kappa shape index (κ2) is 6.53. The molecule has 3 heteroatoms. The normalized spacial score (nSPS) is 11.0. The first kappa shape index (κ1) is 14.5. The van der Waals surface area contributed by atoms with Crippen LogP contribution in [0.3, 0.4) is 0 Å². The lowest BCUT2D eigenvalue weighted by atomic mass is 10.1. The largest absolute Gasteiger partial charge is 0.290 e. The van der Waals surface area contributed by atoms with E-state index >= 15 is 0 Å². The number of rotatable bonds is 6. The van der Waals surface area contributed by atoms with Crippen LogP contribution in [0.2, 0.25) is 0 Å². The molecule has 1 heterocycles. The van der Waals surface area contributed by atoms with Crippen molar-refractivity contribution in [2.24, 2.45) is 7.05 Å². The van der Waals surface area contributed by atoms with E-state index < -0.39 is 0 Å². The molecule has 0 amide bonds. The van der Waals surface area contributed by atoms with Gasteiger partial charge in [0.05, 0.1) is 11.4 Å². The third-order valence-corrected chi connectivity index (χ3v) is 3.53. The first-order valence-electron chi connectivity index (χ1n) is 6.97. The van der Waals surface area contributed by atoms with Gasteiger partial charge in [0.15, 0.2) is 0 Å². The van der Waals surface area contributed by atoms with Crippen LogP contribution in [-0.4, -0.2) is 21.2 Å². The summed E-state index contributed by atoms with van der Waals surface area (Å²) < 4.78 is 1.96. The van der Waals surface area contributed by atoms with Crippen molar-refractivity contribution in [3.8, 4) is 0 Å². The topological polar surface area (TPSA) is 21.1 Å². The summed E-state index contributed by atoms with van der Waals surface area (Å²) in [6.07, 6.45) is 1.96. The Morgan fingerprint density at radius 3 is 2.60 bits per heavy atom. The number of benzene rings is 1. The zero-order valence-electron chi connectivity index (χ0n) is 12.6. The molecule has 0 radical (unpaired) electrons. The molecule has 1 aromatic heterocycles. The molecule has 0 aliphatic heterocycles. The maximum absolute atomic E-state index is 4.41. The van der Waals surface area contributed by atoms with E-state index in [-0.39, 0.29) is 0 Å². The number of aromatic nitrogens is 2. The van der Waals surface area contributed by atoms with Crippen LogP contribution in [-0.2, 0) is 20.1 Å². The summed E-state index contributed by atoms with van der Waals surface area (Å²) in [7, 11) is 2.00. The fourth-order valence-corrected chi connectivity index (χ4v) is 2.44. The molecule has 0 saturated carbocycles. The molecule has 0 fully saturated rings. The first-order chi connectivity index (χ1) is 9.60. The predicted octanol–water partition coefficient (Wildman–Crippen LogP) is 3.23. The summed E-state index contributed by atoms with van der Waals surface area (Å²) in [5, 5.41) is 4.41. The second-order valence-electron chi connectivity index (χ2n) is 5.29. The third kappa shape index (κ3) is 3.58. The van der Waals surface area contributed by atoms with E-state index in [0.717, 1.165) is 25.3 Å². The van der Waals surface area contributed by atoms with Crippen LogP contribution in [0.25, 0.3) is 0 Å². The predicted molar refractivity (Wildman–Crippen MR) is 83.4 cm³/mol. The summed E-state index contributed by atoms with van der Waals surface area (Å²) in [6, 6.07) is 10.7. The minimum Gasteiger partial charge on any atom is -0.290 e. The lowest BCUT2D eigenvalue weighted by Gasteiger charge is -2.21. The van der Waals surface area contributed by atoms with Crippen molar-refractivity contribution in [3.05, 3.63) is 65.5 Å². The molecular weight excluding hydrogens is 246 g/mol. The Kier molecular flexibility index (Phi) is 4.74. The molecule has 0 aliphatic rings. The van der Waals surface area contributed by atoms with Crippen molar-refractivity contribution in [1.29, 1.82) is 0 Å². The van der Waals surface area contributed by atoms with E-state index in [1.807, 2.05) is 24.7 Å². The Balaban J connectivity index is 2.13. The average molecular weight is 269 g/mol. The monoisotopic (exact) mass is 269 g/mol. The molecule has 2 aromatic rings. The molecule has 0 saturated heterocycles. The number of hydrogen-bond donors (Lipinski definition) is 0. The summed E-state index contributed by atoms with van der Waals surface area (Å²) >= 11 is 0. The summed E-state index contributed by atoms with van der Waals surface area (Å²) in [4.78, 5) is 2.38. The molecule has 0 unspecified atom stereocenters. The van der Waals surface area contributed by atoms with Gasteiger partial charge in [-0.2, -0.15) is 5.10 Å². The van der Waals surface area contributed by atoms with Gasteiger partial charge in [0.25, 0.3) is 0 Å². The minimum absolute atomic E-state index is 0.874. The van der Waals surface area contributed by atoms with Crippen molar-refractivity contribution >= 4 is 0 Å². The standard InChI is InChI=1S/C17H23N3/c1-5-10-20(12-16-9-7-6-8-14(16)2)13-17-11-15(3)18-19(17)4/h5-9,11H,1,10,12-13H2,2-4H3. The maximum Gasteiger partial charge on any atom is 0.0597 e. The number of nitrogens with zero attached hydrogens (tertiary/aromatic N) is 3. The summed E-state index contributed by atoms with van der Waals surface area (Å²) in [5.41, 5.74) is 5.01. The highest BCUT2D eigenvalue weighted by Gasteiger charge is 2.10. The Labute approximate surface area is 121 Å². The van der Waals surface area contributed by atoms with Crippen molar-refractivity contribution in [2.75, 3.05) is 6.54 Å². The molecule has 0 N–H and O–H groups in total. The van der Waals surface area contributed by atoms with Gasteiger partial charge in [-0.25, -0.2) is 0 Å². The molecule has 0 spiro atoms. The van der Waals surface area contributed by atoms with E-state index in [4.69, 9.17) is 0 Å². The molecule has 1 aromatic carbocycles. The SMILES string of the molecule is C=CCN(Cc1ccccc1C)Cc1cc(C)nn1C. The van der Waals surface area contributed by atoms with Gasteiger partial charge in [0, 0.05) is 26.7 Å². The van der Waals surface area contributed by atoms with Gasteiger partial charge in [-0.3, -0.25) is 9.58 Å². The van der Waals surface area contributed by atoms with Gasteiger partial charge in [-0.15, -0.1) is 6.58 Å². The van der Waals surface area contributed by atoms with E-state index in [0.29, 0.717) is 0 Å². The molecule has 2 rings (SSSR count). The fraction of sp³-hybridized carbons (Fsp3) is 0.353. The zero-order valence-corrected chi connectivity index (χ0v) is 12.6. The highest BCUT2D eigenvalue weighted by molar-refractivity contribution is 5.25. The Hall–Kier alpha value is -1.87. The van der Waals surface area contributed by atoms with Crippen molar-refractivity contribution in [1.82, 2.24) is 14.7 Å². The maximum atomic E-state index is 4.41. The lowest BCUT2D eigenvalue weighted by Crippen LogP contribution is -2.24. The summed E-state index contributed by atoms with van der Waals surface area (Å²) in [5.74, 6) is 0. The first-order valence-corrected chi connectivity index (χ1v) is 6.97. The van der Waals surface area contributed by atoms with E-state index in [1.165, 1.54) is 16.8 Å². The Morgan fingerprint density at radius 2 is 2.00 bits per heavy atom. The van der Waals surface area contributed by atoms with Crippen LogP contribution in [0.5, 0.6) is 0 Å². The number of aryl methyl sites for hydroxylation is 3. The van der Waals surface area contributed by atoms with E-state index in [9.17, 15) is 0 Å². The van der Waals surface area contributed by atoms with E-state index in [1.54, 1.807) is 0 Å². The van der Waals surface area contributed by atoms with Gasteiger partial charge in [-0.05, 0) is 31.0 Å². The van der Waals surface area contributed by atoms with Gasteiger partial charge in [0.1, 0.15) is 0 Å². The average Bonchev–Trinajstić information content (AvgIpc) is 2.71. The number of hydrogen-bond acceptors (Lipinski definition) is 2. The Bertz CT molecular complexity index is 584. The fourth-order valence-electron chi connectivity index (χ4n) is 2.44. The highest BCUT2D eigenvalue weighted by atomic mass is 15.3. The quantitative estimate of drug-likeness (QED) is 0.751. The van der Waals surface area contributed by atoms with Crippen LogP contribution >= 0.6 is 0 Å². The second-order valence-corrected chi connectivity index (χ2v) is 5.29. The van der Waals surface area contributed by atoms with Gasteiger partial charge in [-0.1, -0.05) is 30.3 Å². The van der Waals surface area contributed by atoms with Crippen LogP contribution < -0.4 is 0 Å². The van der Waals surface area contributed by atoms with E-state index in [2.05, 4.69) is 53.8 Å². The molecule has 3 nitrogen and oxygen atoms in total. The van der Waals surface area contributed by atoms with Crippen LogP contribution in [0, 0.1) is 13.8 Å². The molecule has 0 bridgehead atoms. The molecule has 0 atom stereocenters. The van der Waals surface area contributed by atoms with Crippen LogP contribution in [0.4, 0.5) is 0 Å². The lowest BCUT2D eigenvalue weighted by molar-refractivity contribution is 0.277.